The van der Waals surface area contributed by atoms with Gasteiger partial charge in [-0.25, -0.2) is 4.79 Å². The summed E-state index contributed by atoms with van der Waals surface area (Å²) >= 11 is 0. The maximum absolute atomic E-state index is 11.4. The highest BCUT2D eigenvalue weighted by Gasteiger charge is 2.25. The van der Waals surface area contributed by atoms with Gasteiger partial charge in [-0.1, -0.05) is 0 Å². The number of anilines is 1. The number of nitrogen functional groups attached to an aromatic ring is 1. The van der Waals surface area contributed by atoms with Gasteiger partial charge in [-0.2, -0.15) is 5.10 Å². The van der Waals surface area contributed by atoms with Gasteiger partial charge in [-0.15, -0.1) is 0 Å². The van der Waals surface area contributed by atoms with Gasteiger partial charge in [0.1, 0.15) is 5.82 Å². The molecule has 1 aliphatic rings. The Morgan fingerprint density at radius 3 is 3.19 bits per heavy atom. The van der Waals surface area contributed by atoms with Gasteiger partial charge in [0.15, 0.2) is 0 Å². The molecule has 7 heteroatoms. The lowest BCUT2D eigenvalue weighted by Gasteiger charge is -2.31. The van der Waals surface area contributed by atoms with Crippen LogP contribution in [0, 0.1) is 0 Å². The van der Waals surface area contributed by atoms with Crippen molar-refractivity contribution in [1.82, 2.24) is 20.4 Å². The van der Waals surface area contributed by atoms with Crippen molar-refractivity contribution >= 4 is 11.9 Å². The van der Waals surface area contributed by atoms with E-state index < -0.39 is 0 Å². The summed E-state index contributed by atoms with van der Waals surface area (Å²) in [6, 6.07) is 1.79. The van der Waals surface area contributed by atoms with Crippen LogP contribution in [0.5, 0.6) is 0 Å². The maximum atomic E-state index is 11.4. The molecule has 88 valence electrons. The van der Waals surface area contributed by atoms with Crippen LogP contribution in [0.3, 0.4) is 0 Å². The SMILES string of the molecule is COC(=O)N1CCNC(c2cc(N)n[nH]2)C1. The second-order valence-electron chi connectivity index (χ2n) is 3.67. The third kappa shape index (κ3) is 2.08. The minimum absolute atomic E-state index is 0.0256. The number of ether oxygens (including phenoxy) is 1. The first-order valence-electron chi connectivity index (χ1n) is 5.07. The maximum Gasteiger partial charge on any atom is 0.409 e. The van der Waals surface area contributed by atoms with Crippen LogP contribution in [0.1, 0.15) is 11.7 Å². The Hall–Kier alpha value is -1.76. The smallest absolute Gasteiger partial charge is 0.409 e. The van der Waals surface area contributed by atoms with Crippen molar-refractivity contribution in [2.75, 3.05) is 32.5 Å². The molecular weight excluding hydrogens is 210 g/mol. The van der Waals surface area contributed by atoms with E-state index in [2.05, 4.69) is 20.3 Å². The van der Waals surface area contributed by atoms with Crippen LogP contribution < -0.4 is 11.1 Å². The minimum atomic E-state index is -0.306. The molecular formula is C9H15N5O2. The molecule has 1 aliphatic heterocycles. The average molecular weight is 225 g/mol. The van der Waals surface area contributed by atoms with E-state index in [4.69, 9.17) is 5.73 Å². The largest absolute Gasteiger partial charge is 0.453 e. The van der Waals surface area contributed by atoms with E-state index in [-0.39, 0.29) is 12.1 Å². The molecule has 1 fully saturated rings. The van der Waals surface area contributed by atoms with E-state index in [9.17, 15) is 4.79 Å². The summed E-state index contributed by atoms with van der Waals surface area (Å²) in [5.74, 6) is 0.451. The standard InChI is InChI=1S/C9H15N5O2/c1-16-9(15)14-3-2-11-7(5-14)6-4-8(10)13-12-6/h4,7,11H,2-3,5H2,1H3,(H3,10,12,13). The molecule has 1 amide bonds. The highest BCUT2D eigenvalue weighted by atomic mass is 16.5. The normalized spacial score (nSPS) is 20.8. The molecule has 16 heavy (non-hydrogen) atoms. The van der Waals surface area contributed by atoms with E-state index in [0.717, 1.165) is 12.2 Å². The van der Waals surface area contributed by atoms with Crippen molar-refractivity contribution < 1.29 is 9.53 Å². The highest BCUT2D eigenvalue weighted by molar-refractivity contribution is 5.67. The Morgan fingerprint density at radius 2 is 2.56 bits per heavy atom. The Balaban J connectivity index is 2.04. The van der Waals surface area contributed by atoms with Crippen molar-refractivity contribution in [2.45, 2.75) is 6.04 Å². The number of methoxy groups -OCH3 is 1. The molecule has 1 atom stereocenters. The summed E-state index contributed by atoms with van der Waals surface area (Å²) < 4.78 is 4.69. The third-order valence-electron chi connectivity index (χ3n) is 2.60. The van der Waals surface area contributed by atoms with E-state index in [1.807, 2.05) is 0 Å². The number of nitrogens with two attached hydrogens (primary N) is 1. The Bertz CT molecular complexity index is 378. The van der Waals surface area contributed by atoms with Gasteiger partial charge < -0.3 is 20.7 Å². The lowest BCUT2D eigenvalue weighted by atomic mass is 10.1. The lowest BCUT2D eigenvalue weighted by Crippen LogP contribution is -2.48. The Kier molecular flexibility index (Phi) is 2.95. The molecule has 0 saturated carbocycles. The number of aromatic nitrogens is 2. The Morgan fingerprint density at radius 1 is 1.75 bits per heavy atom. The fourth-order valence-electron chi connectivity index (χ4n) is 1.78. The van der Waals surface area contributed by atoms with Crippen LogP contribution in [-0.4, -0.2) is 47.9 Å². The summed E-state index contributed by atoms with van der Waals surface area (Å²) in [7, 11) is 1.38. The molecule has 0 bridgehead atoms. The lowest BCUT2D eigenvalue weighted by molar-refractivity contribution is 0.109. The van der Waals surface area contributed by atoms with E-state index in [1.165, 1.54) is 7.11 Å². The molecule has 0 aliphatic carbocycles. The molecule has 7 nitrogen and oxygen atoms in total. The summed E-state index contributed by atoms with van der Waals surface area (Å²) in [6.07, 6.45) is -0.306. The minimum Gasteiger partial charge on any atom is -0.453 e. The van der Waals surface area contributed by atoms with E-state index in [1.54, 1.807) is 11.0 Å². The molecule has 2 heterocycles. The molecule has 1 aromatic heterocycles. The fourth-order valence-corrected chi connectivity index (χ4v) is 1.78. The number of carbonyl (C=O) groups is 1. The first-order chi connectivity index (χ1) is 7.70. The van der Waals surface area contributed by atoms with Crippen LogP contribution in [0.2, 0.25) is 0 Å². The van der Waals surface area contributed by atoms with Gasteiger partial charge in [0, 0.05) is 25.7 Å². The number of piperazine rings is 1. The quantitative estimate of drug-likeness (QED) is 0.610. The van der Waals surface area contributed by atoms with Crippen LogP contribution in [-0.2, 0) is 4.74 Å². The summed E-state index contributed by atoms with van der Waals surface area (Å²) in [4.78, 5) is 13.0. The van der Waals surface area contributed by atoms with Crippen LogP contribution >= 0.6 is 0 Å². The number of nitrogens with zero attached hydrogens (tertiary/aromatic N) is 2. The number of aromatic amines is 1. The van der Waals surface area contributed by atoms with Gasteiger partial charge in [0.05, 0.1) is 18.8 Å². The average Bonchev–Trinajstić information content (AvgIpc) is 2.75. The number of H-pyrrole nitrogens is 1. The number of amides is 1. The molecule has 1 saturated heterocycles. The predicted octanol–water partition coefficient (Wildman–Crippen LogP) is -0.295. The van der Waals surface area contributed by atoms with Gasteiger partial charge in [-0.05, 0) is 0 Å². The molecule has 0 spiro atoms. The zero-order chi connectivity index (χ0) is 11.5. The van der Waals surface area contributed by atoms with Crippen LogP contribution in [0.15, 0.2) is 6.07 Å². The van der Waals surface area contributed by atoms with Gasteiger partial charge in [0.25, 0.3) is 0 Å². The fraction of sp³-hybridized carbons (Fsp3) is 0.556. The van der Waals surface area contributed by atoms with Gasteiger partial charge >= 0.3 is 6.09 Å². The third-order valence-corrected chi connectivity index (χ3v) is 2.60. The van der Waals surface area contributed by atoms with Crippen molar-refractivity contribution in [1.29, 1.82) is 0 Å². The zero-order valence-electron chi connectivity index (χ0n) is 9.06. The van der Waals surface area contributed by atoms with Crippen molar-refractivity contribution in [3.63, 3.8) is 0 Å². The predicted molar refractivity (Wildman–Crippen MR) is 57.7 cm³/mol. The van der Waals surface area contributed by atoms with Gasteiger partial charge in [0.2, 0.25) is 0 Å². The molecule has 4 N–H and O–H groups in total. The van der Waals surface area contributed by atoms with Crippen molar-refractivity contribution in [2.24, 2.45) is 0 Å². The first kappa shape index (κ1) is 10.7. The summed E-state index contributed by atoms with van der Waals surface area (Å²) in [5.41, 5.74) is 6.41. The van der Waals surface area contributed by atoms with E-state index >= 15 is 0 Å². The Labute approximate surface area is 92.9 Å². The number of carbonyl (C=O) groups excluding carboxylic acids is 1. The molecule has 0 radical (unpaired) electrons. The number of hydrogen-bond donors (Lipinski definition) is 3. The van der Waals surface area contributed by atoms with Gasteiger partial charge in [-0.3, -0.25) is 5.10 Å². The molecule has 1 aromatic rings. The summed E-state index contributed by atoms with van der Waals surface area (Å²) in [5, 5.41) is 9.98. The molecule has 0 aromatic carbocycles. The first-order valence-corrected chi connectivity index (χ1v) is 5.07. The number of rotatable bonds is 1. The summed E-state index contributed by atoms with van der Waals surface area (Å²) in [6.45, 7) is 1.92. The second kappa shape index (κ2) is 4.40. The topological polar surface area (TPSA) is 96.3 Å². The van der Waals surface area contributed by atoms with E-state index in [0.29, 0.717) is 18.9 Å². The van der Waals surface area contributed by atoms with Crippen LogP contribution in [0.25, 0.3) is 0 Å². The second-order valence-corrected chi connectivity index (χ2v) is 3.67. The monoisotopic (exact) mass is 225 g/mol. The van der Waals surface area contributed by atoms with Crippen LogP contribution in [0.4, 0.5) is 10.6 Å². The molecule has 2 rings (SSSR count). The number of nitrogens with one attached hydrogen (secondary N) is 2. The number of hydrogen-bond acceptors (Lipinski definition) is 5. The van der Waals surface area contributed by atoms with Crippen molar-refractivity contribution in [3.05, 3.63) is 11.8 Å². The highest BCUT2D eigenvalue weighted by Crippen LogP contribution is 2.16. The molecule has 1 unspecified atom stereocenters. The van der Waals surface area contributed by atoms with Crippen molar-refractivity contribution in [3.8, 4) is 0 Å². The zero-order valence-corrected chi connectivity index (χ0v) is 9.06.